The van der Waals surface area contributed by atoms with Gasteiger partial charge in [0.2, 0.25) is 10.0 Å². The molecule has 1 atom stereocenters. The molecule has 2 aromatic rings. The van der Waals surface area contributed by atoms with Gasteiger partial charge in [0.05, 0.1) is 12.9 Å². The van der Waals surface area contributed by atoms with Crippen molar-refractivity contribution in [2.24, 2.45) is 0 Å². The van der Waals surface area contributed by atoms with Gasteiger partial charge < -0.3 is 4.74 Å². The fourth-order valence-electron chi connectivity index (χ4n) is 2.56. The lowest BCUT2D eigenvalue weighted by Gasteiger charge is -2.19. The number of nitrogens with one attached hydrogen (secondary N) is 1. The maximum absolute atomic E-state index is 12.5. The van der Waals surface area contributed by atoms with Crippen molar-refractivity contribution < 1.29 is 13.2 Å². The van der Waals surface area contributed by atoms with Crippen LogP contribution in [0.1, 0.15) is 36.1 Å². The maximum atomic E-state index is 12.5. The van der Waals surface area contributed by atoms with Crippen molar-refractivity contribution in [2.75, 3.05) is 7.11 Å². The molecule has 0 unspecified atom stereocenters. The van der Waals surface area contributed by atoms with Crippen LogP contribution < -0.4 is 9.46 Å². The van der Waals surface area contributed by atoms with Crippen molar-refractivity contribution in [1.82, 2.24) is 4.72 Å². The highest BCUT2D eigenvalue weighted by atomic mass is 79.9. The predicted molar refractivity (Wildman–Crippen MR) is 101 cm³/mol. The van der Waals surface area contributed by atoms with E-state index in [9.17, 15) is 8.42 Å². The first kappa shape index (κ1) is 19.0. The third-order valence-corrected chi connectivity index (χ3v) is 5.71. The van der Waals surface area contributed by atoms with Gasteiger partial charge in [0.25, 0.3) is 0 Å². The van der Waals surface area contributed by atoms with Crippen molar-refractivity contribution >= 4 is 26.0 Å². The molecule has 0 spiro atoms. The van der Waals surface area contributed by atoms with E-state index in [1.165, 1.54) is 0 Å². The number of rotatable bonds is 7. The number of methoxy groups -OCH3 is 1. The summed E-state index contributed by atoms with van der Waals surface area (Å²) in [6, 6.07) is 12.8. The fourth-order valence-corrected chi connectivity index (χ4v) is 4.28. The molecule has 24 heavy (non-hydrogen) atoms. The number of halogens is 1. The first-order valence-corrected chi connectivity index (χ1v) is 10.2. The monoisotopic (exact) mass is 411 g/mol. The van der Waals surface area contributed by atoms with Crippen LogP contribution in [0, 0.1) is 6.92 Å². The van der Waals surface area contributed by atoms with Crippen LogP contribution >= 0.6 is 15.9 Å². The second kappa shape index (κ2) is 8.14. The number of hydrogen-bond acceptors (Lipinski definition) is 3. The molecule has 0 aliphatic heterocycles. The Bertz CT molecular complexity index is 788. The molecule has 0 aromatic heterocycles. The maximum Gasteiger partial charge on any atom is 0.216 e. The highest BCUT2D eigenvalue weighted by Crippen LogP contribution is 2.25. The first-order chi connectivity index (χ1) is 11.3. The Morgan fingerprint density at radius 1 is 1.17 bits per heavy atom. The van der Waals surface area contributed by atoms with Gasteiger partial charge in [-0.3, -0.25) is 0 Å². The van der Waals surface area contributed by atoms with Crippen LogP contribution in [0.5, 0.6) is 5.75 Å². The lowest BCUT2D eigenvalue weighted by molar-refractivity contribution is 0.411. The Morgan fingerprint density at radius 3 is 2.38 bits per heavy atom. The third-order valence-electron chi connectivity index (χ3n) is 3.82. The largest absolute Gasteiger partial charge is 0.496 e. The Morgan fingerprint density at radius 2 is 1.83 bits per heavy atom. The summed E-state index contributed by atoms with van der Waals surface area (Å²) in [7, 11) is -1.81. The van der Waals surface area contributed by atoms with Crippen LogP contribution in [0.3, 0.4) is 0 Å². The van der Waals surface area contributed by atoms with Crippen molar-refractivity contribution in [3.8, 4) is 5.75 Å². The van der Waals surface area contributed by atoms with Crippen molar-refractivity contribution in [2.45, 2.75) is 32.1 Å². The third kappa shape index (κ3) is 5.06. The molecule has 0 aliphatic carbocycles. The molecule has 4 nitrogen and oxygen atoms in total. The van der Waals surface area contributed by atoms with Crippen LogP contribution in [0.15, 0.2) is 46.9 Å². The van der Waals surface area contributed by atoms with Gasteiger partial charge in [0, 0.05) is 10.5 Å². The minimum atomic E-state index is -3.43. The molecule has 6 heteroatoms. The molecule has 0 fully saturated rings. The molecule has 2 rings (SSSR count). The number of hydrogen-bond donors (Lipinski definition) is 1. The molecule has 1 N–H and O–H groups in total. The molecule has 0 bridgehead atoms. The van der Waals surface area contributed by atoms with E-state index in [2.05, 4.69) is 20.7 Å². The Kier molecular flexibility index (Phi) is 6.43. The zero-order chi connectivity index (χ0) is 17.7. The van der Waals surface area contributed by atoms with E-state index in [0.29, 0.717) is 6.42 Å². The Hall–Kier alpha value is -1.37. The summed E-state index contributed by atoms with van der Waals surface area (Å²) in [5, 5.41) is 0. The van der Waals surface area contributed by atoms with Crippen LogP contribution in [0.2, 0.25) is 0 Å². The van der Waals surface area contributed by atoms with Gasteiger partial charge in [0.1, 0.15) is 5.75 Å². The zero-order valence-corrected chi connectivity index (χ0v) is 16.4. The topological polar surface area (TPSA) is 55.4 Å². The molecule has 0 heterocycles. The van der Waals surface area contributed by atoms with Crippen molar-refractivity contribution in [1.29, 1.82) is 0 Å². The molecule has 130 valence electrons. The van der Waals surface area contributed by atoms with Gasteiger partial charge >= 0.3 is 0 Å². The fraction of sp³-hybridized carbons (Fsp3) is 0.333. The van der Waals surface area contributed by atoms with Crippen LogP contribution in [0.4, 0.5) is 0 Å². The van der Waals surface area contributed by atoms with Gasteiger partial charge in [-0.2, -0.15) is 0 Å². The predicted octanol–water partition coefficient (Wildman–Crippen LogP) is 4.34. The number of ether oxygens (including phenoxy) is 1. The highest BCUT2D eigenvalue weighted by Gasteiger charge is 2.19. The summed E-state index contributed by atoms with van der Waals surface area (Å²) < 4.78 is 34.0. The average Bonchev–Trinajstić information content (AvgIpc) is 2.54. The van der Waals surface area contributed by atoms with E-state index < -0.39 is 10.0 Å². The van der Waals surface area contributed by atoms with E-state index in [-0.39, 0.29) is 11.8 Å². The van der Waals surface area contributed by atoms with Gasteiger partial charge in [-0.25, -0.2) is 13.1 Å². The lowest BCUT2D eigenvalue weighted by atomic mass is 10.0. The van der Waals surface area contributed by atoms with E-state index in [1.54, 1.807) is 7.11 Å². The Balaban J connectivity index is 2.16. The smallest absolute Gasteiger partial charge is 0.216 e. The second-order valence-electron chi connectivity index (χ2n) is 5.69. The minimum Gasteiger partial charge on any atom is -0.496 e. The van der Waals surface area contributed by atoms with Gasteiger partial charge in [-0.1, -0.05) is 47.1 Å². The van der Waals surface area contributed by atoms with Crippen LogP contribution in [0.25, 0.3) is 0 Å². The van der Waals surface area contributed by atoms with E-state index in [4.69, 9.17) is 4.74 Å². The summed E-state index contributed by atoms with van der Waals surface area (Å²) in [6.07, 6.45) is 0.672. The number of aryl methyl sites for hydroxylation is 1. The molecule has 0 radical (unpaired) electrons. The van der Waals surface area contributed by atoms with Crippen LogP contribution in [-0.2, 0) is 15.8 Å². The summed E-state index contributed by atoms with van der Waals surface area (Å²) in [5.74, 6) is 0.762. The van der Waals surface area contributed by atoms with E-state index in [1.807, 2.05) is 56.3 Å². The standard InChI is InChI=1S/C18H22BrNO3S/c1-4-17(15-7-10-18(23-3)13(2)11-15)20-24(21,22)12-14-5-8-16(19)9-6-14/h5-11,17,20H,4,12H2,1-3H3/t17-/m0/s1. The summed E-state index contributed by atoms with van der Waals surface area (Å²) in [4.78, 5) is 0. The van der Waals surface area contributed by atoms with Gasteiger partial charge in [0.15, 0.2) is 0 Å². The normalized spacial score (nSPS) is 12.8. The molecule has 0 saturated carbocycles. The minimum absolute atomic E-state index is 0.0358. The average molecular weight is 412 g/mol. The highest BCUT2D eigenvalue weighted by molar-refractivity contribution is 9.10. The number of benzene rings is 2. The van der Waals surface area contributed by atoms with Crippen molar-refractivity contribution in [3.63, 3.8) is 0 Å². The molecule has 2 aromatic carbocycles. The Labute approximate surface area is 152 Å². The summed E-state index contributed by atoms with van der Waals surface area (Å²) in [6.45, 7) is 3.91. The molecule has 0 saturated heterocycles. The van der Waals surface area contributed by atoms with Gasteiger partial charge in [-0.05, 0) is 48.2 Å². The zero-order valence-electron chi connectivity index (χ0n) is 14.0. The van der Waals surface area contributed by atoms with Crippen LogP contribution in [-0.4, -0.2) is 15.5 Å². The van der Waals surface area contributed by atoms with Crippen molar-refractivity contribution in [3.05, 3.63) is 63.6 Å². The lowest BCUT2D eigenvalue weighted by Crippen LogP contribution is -2.29. The SMILES string of the molecule is CC[C@H](NS(=O)(=O)Cc1ccc(Br)cc1)c1ccc(OC)c(C)c1. The molecular weight excluding hydrogens is 390 g/mol. The second-order valence-corrected chi connectivity index (χ2v) is 8.36. The first-order valence-electron chi connectivity index (χ1n) is 7.73. The molecule has 0 aliphatic rings. The quantitative estimate of drug-likeness (QED) is 0.736. The summed E-state index contributed by atoms with van der Waals surface area (Å²) >= 11 is 3.35. The molecule has 0 amide bonds. The number of sulfonamides is 1. The molecular formula is C18H22BrNO3S. The van der Waals surface area contributed by atoms with Gasteiger partial charge in [-0.15, -0.1) is 0 Å². The van der Waals surface area contributed by atoms with E-state index in [0.717, 1.165) is 26.9 Å². The summed E-state index contributed by atoms with van der Waals surface area (Å²) in [5.41, 5.74) is 2.68. The van der Waals surface area contributed by atoms with E-state index >= 15 is 0 Å².